The summed E-state index contributed by atoms with van der Waals surface area (Å²) in [6.07, 6.45) is 0. The Balaban J connectivity index is 1.70. The second-order valence-corrected chi connectivity index (χ2v) is 5.97. The fraction of sp³-hybridized carbons (Fsp3) is 0.353. The zero-order chi connectivity index (χ0) is 17.8. The maximum atomic E-state index is 12.5. The van der Waals surface area contributed by atoms with Gasteiger partial charge in [0, 0.05) is 30.5 Å². The molecule has 0 fully saturated rings. The smallest absolute Gasteiger partial charge is 0.274 e. The van der Waals surface area contributed by atoms with Gasteiger partial charge in [0.15, 0.2) is 11.5 Å². The highest BCUT2D eigenvalue weighted by molar-refractivity contribution is 6.03. The van der Waals surface area contributed by atoms with Crippen LogP contribution in [-0.4, -0.2) is 54.8 Å². The first kappa shape index (κ1) is 17.0. The molecule has 0 bridgehead atoms. The lowest BCUT2D eigenvalue weighted by Crippen LogP contribution is -2.22. The number of anilines is 2. The van der Waals surface area contributed by atoms with Crippen molar-refractivity contribution in [2.45, 2.75) is 6.92 Å². The Kier molecular flexibility index (Phi) is 4.99. The monoisotopic (exact) mass is 343 g/mol. The largest absolute Gasteiger partial charge is 0.454 e. The van der Waals surface area contributed by atoms with Gasteiger partial charge < -0.3 is 25.0 Å². The molecule has 1 aliphatic rings. The summed E-state index contributed by atoms with van der Waals surface area (Å²) < 4.78 is 10.6. The number of aryl methyl sites for hydroxylation is 1. The van der Waals surface area contributed by atoms with Gasteiger partial charge in [0.05, 0.1) is 0 Å². The third-order valence-corrected chi connectivity index (χ3v) is 3.56. The summed E-state index contributed by atoms with van der Waals surface area (Å²) in [5, 5.41) is 5.95. The summed E-state index contributed by atoms with van der Waals surface area (Å²) in [5.41, 5.74) is 1.64. The number of carbonyl (C=O) groups excluding carboxylic acids is 1. The molecule has 25 heavy (non-hydrogen) atoms. The topological polar surface area (TPSA) is 88.6 Å². The van der Waals surface area contributed by atoms with Crippen LogP contribution in [0.25, 0.3) is 0 Å². The second-order valence-electron chi connectivity index (χ2n) is 5.97. The van der Waals surface area contributed by atoms with Crippen LogP contribution in [0, 0.1) is 6.92 Å². The van der Waals surface area contributed by atoms with Gasteiger partial charge in [-0.2, -0.15) is 0 Å². The van der Waals surface area contributed by atoms with Gasteiger partial charge in [-0.15, -0.1) is 0 Å². The molecule has 132 valence electrons. The van der Waals surface area contributed by atoms with Crippen LogP contribution in [0.15, 0.2) is 24.3 Å². The number of fused-ring (bicyclic) bond motifs is 1. The minimum absolute atomic E-state index is 0.194. The molecule has 0 aliphatic carbocycles. The fourth-order valence-corrected chi connectivity index (χ4v) is 2.32. The summed E-state index contributed by atoms with van der Waals surface area (Å²) in [6, 6.07) is 6.90. The molecule has 0 saturated heterocycles. The minimum atomic E-state index is -0.306. The van der Waals surface area contributed by atoms with Gasteiger partial charge in [0.1, 0.15) is 5.69 Å². The molecule has 2 heterocycles. The first-order valence-electron chi connectivity index (χ1n) is 7.96. The summed E-state index contributed by atoms with van der Waals surface area (Å²) >= 11 is 0. The molecule has 3 rings (SSSR count). The van der Waals surface area contributed by atoms with Gasteiger partial charge in [-0.1, -0.05) is 0 Å². The number of amides is 1. The van der Waals surface area contributed by atoms with Crippen molar-refractivity contribution in [2.24, 2.45) is 0 Å². The Morgan fingerprint density at radius 3 is 2.80 bits per heavy atom. The van der Waals surface area contributed by atoms with E-state index in [9.17, 15) is 4.79 Å². The third kappa shape index (κ3) is 4.36. The van der Waals surface area contributed by atoms with Gasteiger partial charge in [-0.25, -0.2) is 9.97 Å². The number of aromatic nitrogens is 2. The molecular formula is C17H21N5O3. The third-order valence-electron chi connectivity index (χ3n) is 3.56. The quantitative estimate of drug-likeness (QED) is 0.826. The van der Waals surface area contributed by atoms with Crippen LogP contribution in [0.1, 0.15) is 16.2 Å². The number of nitrogens with one attached hydrogen (secondary N) is 2. The SMILES string of the molecule is Cc1cc(C(=O)Nc2ccc3c(c2)OCO3)nc(NCCN(C)C)n1. The molecule has 2 aromatic rings. The molecule has 1 aromatic carbocycles. The Bertz CT molecular complexity index is 779. The van der Waals surface area contributed by atoms with E-state index in [4.69, 9.17) is 9.47 Å². The van der Waals surface area contributed by atoms with Gasteiger partial charge in [-0.3, -0.25) is 4.79 Å². The van der Waals surface area contributed by atoms with Crippen molar-refractivity contribution in [3.63, 3.8) is 0 Å². The van der Waals surface area contributed by atoms with E-state index >= 15 is 0 Å². The van der Waals surface area contributed by atoms with Crippen LogP contribution >= 0.6 is 0 Å². The van der Waals surface area contributed by atoms with Crippen molar-refractivity contribution in [1.82, 2.24) is 14.9 Å². The molecule has 0 saturated carbocycles. The van der Waals surface area contributed by atoms with Crippen LogP contribution < -0.4 is 20.1 Å². The minimum Gasteiger partial charge on any atom is -0.454 e. The Morgan fingerprint density at radius 2 is 2.00 bits per heavy atom. The van der Waals surface area contributed by atoms with Crippen LogP contribution in [0.2, 0.25) is 0 Å². The van der Waals surface area contributed by atoms with Crippen molar-refractivity contribution < 1.29 is 14.3 Å². The van der Waals surface area contributed by atoms with E-state index in [-0.39, 0.29) is 12.7 Å². The maximum Gasteiger partial charge on any atom is 0.274 e. The number of hydrogen-bond acceptors (Lipinski definition) is 7. The molecule has 0 unspecified atom stereocenters. The number of benzene rings is 1. The van der Waals surface area contributed by atoms with E-state index in [0.717, 1.165) is 12.2 Å². The Labute approximate surface area is 146 Å². The van der Waals surface area contributed by atoms with Crippen LogP contribution in [0.3, 0.4) is 0 Å². The first-order valence-corrected chi connectivity index (χ1v) is 7.96. The normalized spacial score (nSPS) is 12.3. The molecule has 0 atom stereocenters. The van der Waals surface area contributed by atoms with Crippen molar-refractivity contribution >= 4 is 17.5 Å². The van der Waals surface area contributed by atoms with Crippen LogP contribution in [0.5, 0.6) is 11.5 Å². The summed E-state index contributed by atoms with van der Waals surface area (Å²) in [6.45, 7) is 3.56. The predicted octanol–water partition coefficient (Wildman–Crippen LogP) is 1.74. The highest BCUT2D eigenvalue weighted by Gasteiger charge is 2.16. The fourth-order valence-electron chi connectivity index (χ4n) is 2.32. The lowest BCUT2D eigenvalue weighted by Gasteiger charge is -2.11. The molecule has 1 amide bonds. The molecule has 2 N–H and O–H groups in total. The van der Waals surface area contributed by atoms with Crippen LogP contribution in [0.4, 0.5) is 11.6 Å². The molecule has 1 aromatic heterocycles. The number of likely N-dealkylation sites (N-methyl/N-ethyl adjacent to an activating group) is 1. The summed E-state index contributed by atoms with van der Waals surface area (Å²) in [4.78, 5) is 23.1. The highest BCUT2D eigenvalue weighted by atomic mass is 16.7. The molecule has 1 aliphatic heterocycles. The van der Waals surface area contributed by atoms with Gasteiger partial charge >= 0.3 is 0 Å². The van der Waals surface area contributed by atoms with Gasteiger partial charge in [0.25, 0.3) is 5.91 Å². The van der Waals surface area contributed by atoms with Crippen molar-refractivity contribution in [3.8, 4) is 11.5 Å². The maximum absolute atomic E-state index is 12.5. The molecular weight excluding hydrogens is 322 g/mol. The number of rotatable bonds is 6. The average Bonchev–Trinajstić information content (AvgIpc) is 3.01. The molecule has 0 radical (unpaired) electrons. The molecule has 0 spiro atoms. The van der Waals surface area contributed by atoms with Gasteiger partial charge in [0.2, 0.25) is 12.7 Å². The number of carbonyl (C=O) groups is 1. The van der Waals surface area contributed by atoms with E-state index in [1.165, 1.54) is 0 Å². The highest BCUT2D eigenvalue weighted by Crippen LogP contribution is 2.34. The van der Waals surface area contributed by atoms with Gasteiger partial charge in [-0.05, 0) is 39.2 Å². The Hall–Kier alpha value is -2.87. The predicted molar refractivity (Wildman–Crippen MR) is 94.3 cm³/mol. The Morgan fingerprint density at radius 1 is 1.20 bits per heavy atom. The van der Waals surface area contributed by atoms with E-state index < -0.39 is 0 Å². The van der Waals surface area contributed by atoms with Crippen molar-refractivity contribution in [1.29, 1.82) is 0 Å². The molecule has 8 nitrogen and oxygen atoms in total. The zero-order valence-electron chi connectivity index (χ0n) is 14.5. The van der Waals surface area contributed by atoms with E-state index in [1.54, 1.807) is 24.3 Å². The van der Waals surface area contributed by atoms with Crippen LogP contribution in [-0.2, 0) is 0 Å². The summed E-state index contributed by atoms with van der Waals surface area (Å²) in [5.74, 6) is 1.42. The van der Waals surface area contributed by atoms with E-state index in [1.807, 2.05) is 21.0 Å². The number of ether oxygens (including phenoxy) is 2. The van der Waals surface area contributed by atoms with Crippen molar-refractivity contribution in [3.05, 3.63) is 35.7 Å². The first-order chi connectivity index (χ1) is 12.0. The van der Waals surface area contributed by atoms with E-state index in [0.29, 0.717) is 35.4 Å². The summed E-state index contributed by atoms with van der Waals surface area (Å²) in [7, 11) is 3.98. The standard InChI is InChI=1S/C17H21N5O3/c1-11-8-13(21-17(19-11)18-6-7-22(2)3)16(23)20-12-4-5-14-15(9-12)25-10-24-14/h4-5,8-9H,6-7,10H2,1-3H3,(H,20,23)(H,18,19,21). The second kappa shape index (κ2) is 7.35. The zero-order valence-corrected chi connectivity index (χ0v) is 14.5. The lowest BCUT2D eigenvalue weighted by molar-refractivity contribution is 0.102. The number of nitrogens with zero attached hydrogens (tertiary/aromatic N) is 3. The lowest BCUT2D eigenvalue weighted by atomic mass is 10.2. The number of hydrogen-bond donors (Lipinski definition) is 2. The average molecular weight is 343 g/mol. The van der Waals surface area contributed by atoms with E-state index in [2.05, 4.69) is 25.5 Å². The van der Waals surface area contributed by atoms with Crippen molar-refractivity contribution in [2.75, 3.05) is 44.6 Å². The molecule has 8 heteroatoms.